The van der Waals surface area contributed by atoms with E-state index in [1.807, 2.05) is 0 Å². The van der Waals surface area contributed by atoms with Gasteiger partial charge in [0.15, 0.2) is 23.1 Å². The van der Waals surface area contributed by atoms with Crippen LogP contribution in [0.15, 0.2) is 41.3 Å². The lowest BCUT2D eigenvalue weighted by Crippen LogP contribution is -2.27. The standard InChI is InChI=1S/C17H20FNO5S/c1-11(12-5-7-16(23-3)17(9-12)24-4)19-25(20,21)13-6-8-15(22-2)14(18)10-13/h5-11,19H,1-4H3. The number of benzene rings is 2. The number of nitrogens with one attached hydrogen (secondary N) is 1. The molecule has 0 aliphatic rings. The predicted molar refractivity (Wildman–Crippen MR) is 91.2 cm³/mol. The highest BCUT2D eigenvalue weighted by Gasteiger charge is 2.21. The number of methoxy groups -OCH3 is 3. The van der Waals surface area contributed by atoms with Crippen LogP contribution in [0.4, 0.5) is 4.39 Å². The van der Waals surface area contributed by atoms with E-state index >= 15 is 0 Å². The van der Waals surface area contributed by atoms with E-state index in [9.17, 15) is 12.8 Å². The van der Waals surface area contributed by atoms with Crippen LogP contribution in [0.5, 0.6) is 17.2 Å². The molecule has 0 aliphatic carbocycles. The Morgan fingerprint density at radius 1 is 0.920 bits per heavy atom. The smallest absolute Gasteiger partial charge is 0.241 e. The minimum Gasteiger partial charge on any atom is -0.494 e. The van der Waals surface area contributed by atoms with Crippen molar-refractivity contribution in [3.63, 3.8) is 0 Å². The van der Waals surface area contributed by atoms with Crippen molar-refractivity contribution in [1.82, 2.24) is 4.72 Å². The summed E-state index contributed by atoms with van der Waals surface area (Å²) in [5, 5.41) is 0. The molecule has 0 bridgehead atoms. The number of halogens is 1. The second-order valence-corrected chi connectivity index (χ2v) is 6.97. The molecular weight excluding hydrogens is 349 g/mol. The Labute approximate surface area is 146 Å². The summed E-state index contributed by atoms with van der Waals surface area (Å²) in [4.78, 5) is -0.182. The van der Waals surface area contributed by atoms with Crippen LogP contribution in [0.25, 0.3) is 0 Å². The van der Waals surface area contributed by atoms with E-state index in [1.54, 1.807) is 25.1 Å². The van der Waals surface area contributed by atoms with E-state index in [0.29, 0.717) is 17.1 Å². The molecule has 136 valence electrons. The van der Waals surface area contributed by atoms with Crippen molar-refractivity contribution < 1.29 is 27.0 Å². The van der Waals surface area contributed by atoms with Gasteiger partial charge in [-0.3, -0.25) is 0 Å². The highest BCUT2D eigenvalue weighted by Crippen LogP contribution is 2.30. The van der Waals surface area contributed by atoms with Crippen molar-refractivity contribution in [1.29, 1.82) is 0 Å². The predicted octanol–water partition coefficient (Wildman–Crippen LogP) is 2.89. The summed E-state index contributed by atoms with van der Waals surface area (Å²) >= 11 is 0. The number of hydrogen-bond acceptors (Lipinski definition) is 5. The molecule has 0 spiro atoms. The lowest BCUT2D eigenvalue weighted by molar-refractivity contribution is 0.354. The van der Waals surface area contributed by atoms with Crippen molar-refractivity contribution in [2.24, 2.45) is 0 Å². The van der Waals surface area contributed by atoms with Crippen LogP contribution in [0.2, 0.25) is 0 Å². The molecule has 25 heavy (non-hydrogen) atoms. The second kappa shape index (κ2) is 7.71. The number of rotatable bonds is 7. The highest BCUT2D eigenvalue weighted by molar-refractivity contribution is 7.89. The van der Waals surface area contributed by atoms with Crippen molar-refractivity contribution in [2.75, 3.05) is 21.3 Å². The van der Waals surface area contributed by atoms with Crippen molar-refractivity contribution in [3.8, 4) is 17.2 Å². The molecule has 0 heterocycles. The minimum absolute atomic E-state index is 0.0214. The topological polar surface area (TPSA) is 73.9 Å². The third-order valence-corrected chi connectivity index (χ3v) is 5.21. The van der Waals surface area contributed by atoms with Crippen LogP contribution >= 0.6 is 0 Å². The Hall–Kier alpha value is -2.32. The average molecular weight is 369 g/mol. The summed E-state index contributed by atoms with van der Waals surface area (Å²) in [7, 11) is 0.414. The van der Waals surface area contributed by atoms with Gasteiger partial charge in [0.05, 0.1) is 26.2 Å². The van der Waals surface area contributed by atoms with Crippen LogP contribution < -0.4 is 18.9 Å². The van der Waals surface area contributed by atoms with Gasteiger partial charge in [0.2, 0.25) is 10.0 Å². The molecule has 0 aliphatic heterocycles. The monoisotopic (exact) mass is 369 g/mol. The molecule has 0 aromatic heterocycles. The summed E-state index contributed by atoms with van der Waals surface area (Å²) in [6.45, 7) is 1.68. The van der Waals surface area contributed by atoms with Gasteiger partial charge in [0, 0.05) is 6.04 Å². The Morgan fingerprint density at radius 3 is 2.08 bits per heavy atom. The first-order chi connectivity index (χ1) is 11.8. The highest BCUT2D eigenvalue weighted by atomic mass is 32.2. The first-order valence-corrected chi connectivity index (χ1v) is 8.88. The zero-order valence-corrected chi connectivity index (χ0v) is 15.2. The van der Waals surface area contributed by atoms with E-state index in [0.717, 1.165) is 6.07 Å². The number of hydrogen-bond donors (Lipinski definition) is 1. The van der Waals surface area contributed by atoms with Crippen LogP contribution in [0, 0.1) is 5.82 Å². The zero-order chi connectivity index (χ0) is 18.6. The zero-order valence-electron chi connectivity index (χ0n) is 14.4. The first-order valence-electron chi connectivity index (χ1n) is 7.40. The molecule has 0 amide bonds. The van der Waals surface area contributed by atoms with Gasteiger partial charge in [-0.15, -0.1) is 0 Å². The Bertz CT molecular complexity index is 854. The summed E-state index contributed by atoms with van der Waals surface area (Å²) < 4.78 is 56.4. The molecule has 6 nitrogen and oxygen atoms in total. The third kappa shape index (κ3) is 4.21. The van der Waals surface area contributed by atoms with Gasteiger partial charge in [0.1, 0.15) is 0 Å². The normalized spacial score (nSPS) is 12.5. The van der Waals surface area contributed by atoms with E-state index in [1.165, 1.54) is 33.5 Å². The van der Waals surface area contributed by atoms with Crippen molar-refractivity contribution in [2.45, 2.75) is 17.9 Å². The van der Waals surface area contributed by atoms with Crippen LogP contribution in [-0.4, -0.2) is 29.7 Å². The SMILES string of the molecule is COc1ccc(S(=O)(=O)NC(C)c2ccc(OC)c(OC)c2)cc1F. The lowest BCUT2D eigenvalue weighted by Gasteiger charge is -2.17. The van der Waals surface area contributed by atoms with E-state index in [2.05, 4.69) is 4.72 Å². The maximum absolute atomic E-state index is 13.8. The fraction of sp³-hybridized carbons (Fsp3) is 0.294. The lowest BCUT2D eigenvalue weighted by atomic mass is 10.1. The molecule has 2 rings (SSSR count). The molecule has 1 unspecified atom stereocenters. The molecule has 0 radical (unpaired) electrons. The minimum atomic E-state index is -3.91. The Balaban J connectivity index is 2.26. The van der Waals surface area contributed by atoms with Gasteiger partial charge in [0.25, 0.3) is 0 Å². The van der Waals surface area contributed by atoms with Gasteiger partial charge in [-0.25, -0.2) is 17.5 Å². The van der Waals surface area contributed by atoms with Gasteiger partial charge >= 0.3 is 0 Å². The van der Waals surface area contributed by atoms with Gasteiger partial charge in [-0.05, 0) is 42.8 Å². The first kappa shape index (κ1) is 19.0. The van der Waals surface area contributed by atoms with Crippen molar-refractivity contribution >= 4 is 10.0 Å². The average Bonchev–Trinajstić information content (AvgIpc) is 2.60. The third-order valence-electron chi connectivity index (χ3n) is 3.67. The van der Waals surface area contributed by atoms with Gasteiger partial charge in [-0.1, -0.05) is 6.07 Å². The summed E-state index contributed by atoms with van der Waals surface area (Å²) in [6.07, 6.45) is 0. The van der Waals surface area contributed by atoms with Crippen LogP contribution in [-0.2, 0) is 10.0 Å². The van der Waals surface area contributed by atoms with Crippen LogP contribution in [0.3, 0.4) is 0 Å². The fourth-order valence-corrected chi connectivity index (χ4v) is 3.55. The Kier molecular flexibility index (Phi) is 5.86. The Morgan fingerprint density at radius 2 is 1.52 bits per heavy atom. The summed E-state index contributed by atoms with van der Waals surface area (Å²) in [6, 6.07) is 8.00. The van der Waals surface area contributed by atoms with Gasteiger partial charge in [-0.2, -0.15) is 0 Å². The maximum atomic E-state index is 13.8. The summed E-state index contributed by atoms with van der Waals surface area (Å²) in [5.74, 6) is 0.260. The molecule has 1 N–H and O–H groups in total. The second-order valence-electron chi connectivity index (χ2n) is 5.25. The van der Waals surface area contributed by atoms with E-state index < -0.39 is 21.9 Å². The number of sulfonamides is 1. The maximum Gasteiger partial charge on any atom is 0.241 e. The molecule has 2 aromatic carbocycles. The van der Waals surface area contributed by atoms with Gasteiger partial charge < -0.3 is 14.2 Å². The van der Waals surface area contributed by atoms with E-state index in [4.69, 9.17) is 14.2 Å². The summed E-state index contributed by atoms with van der Waals surface area (Å²) in [5.41, 5.74) is 0.676. The van der Waals surface area contributed by atoms with Crippen LogP contribution in [0.1, 0.15) is 18.5 Å². The number of ether oxygens (including phenoxy) is 3. The molecule has 1 atom stereocenters. The molecular formula is C17H20FNO5S. The fourth-order valence-electron chi connectivity index (χ4n) is 2.31. The quantitative estimate of drug-likeness (QED) is 0.812. The van der Waals surface area contributed by atoms with Crippen molar-refractivity contribution in [3.05, 3.63) is 47.8 Å². The van der Waals surface area contributed by atoms with E-state index in [-0.39, 0.29) is 10.6 Å². The largest absolute Gasteiger partial charge is 0.494 e. The molecule has 0 saturated carbocycles. The molecule has 0 fully saturated rings. The molecule has 2 aromatic rings. The molecule has 0 saturated heterocycles. The molecule has 8 heteroatoms.